The fraction of sp³-hybridized carbons (Fsp3) is 0.364. The molecule has 9 nitrogen and oxygen atoms in total. The number of pyridine rings is 1. The highest BCUT2D eigenvalue weighted by molar-refractivity contribution is 6.30. The normalized spacial score (nSPS) is 16.9. The standard InChI is InChI=1S/C22H23ClFN7O2/c1-14-27-28-29-31(14)19(11-15-4-7-18(24)8-5-15)22(33)30-10-2-3-16(13-30)21(32)26-20-9-6-17(23)12-25-20/h4-9,12,16,19H,2-3,10-11,13H2,1H3,(H,25,26,32). The molecule has 11 heteroatoms. The van der Waals surface area contributed by atoms with Crippen LogP contribution in [0.2, 0.25) is 5.02 Å². The number of aryl methyl sites for hydroxylation is 1. The molecule has 3 aromatic rings. The molecule has 1 aromatic carbocycles. The van der Waals surface area contributed by atoms with Crippen molar-refractivity contribution in [1.29, 1.82) is 0 Å². The number of likely N-dealkylation sites (tertiary alicyclic amines) is 1. The van der Waals surface area contributed by atoms with Gasteiger partial charge in [-0.15, -0.1) is 5.10 Å². The van der Waals surface area contributed by atoms with Crippen LogP contribution < -0.4 is 5.32 Å². The Kier molecular flexibility index (Phi) is 6.93. The number of benzene rings is 1. The van der Waals surface area contributed by atoms with Crippen molar-refractivity contribution in [3.8, 4) is 0 Å². The number of tetrazole rings is 1. The van der Waals surface area contributed by atoms with Gasteiger partial charge in [0.1, 0.15) is 23.5 Å². The van der Waals surface area contributed by atoms with E-state index >= 15 is 0 Å². The molecule has 2 amide bonds. The lowest BCUT2D eigenvalue weighted by molar-refractivity contribution is -0.138. The predicted molar refractivity (Wildman–Crippen MR) is 119 cm³/mol. The van der Waals surface area contributed by atoms with Crippen molar-refractivity contribution in [2.75, 3.05) is 18.4 Å². The largest absolute Gasteiger partial charge is 0.340 e. The molecule has 33 heavy (non-hydrogen) atoms. The van der Waals surface area contributed by atoms with Gasteiger partial charge in [-0.25, -0.2) is 14.1 Å². The first-order chi connectivity index (χ1) is 15.9. The molecule has 1 aliphatic heterocycles. The summed E-state index contributed by atoms with van der Waals surface area (Å²) in [7, 11) is 0. The number of hydrogen-bond donors (Lipinski definition) is 1. The lowest BCUT2D eigenvalue weighted by atomic mass is 9.95. The summed E-state index contributed by atoms with van der Waals surface area (Å²) >= 11 is 5.85. The van der Waals surface area contributed by atoms with Gasteiger partial charge in [-0.2, -0.15) is 0 Å². The summed E-state index contributed by atoms with van der Waals surface area (Å²) in [6, 6.07) is 8.57. The number of hydrogen-bond acceptors (Lipinski definition) is 6. The molecule has 0 bridgehead atoms. The Bertz CT molecular complexity index is 1120. The maximum absolute atomic E-state index is 13.6. The third-order valence-electron chi connectivity index (χ3n) is 5.66. The lowest BCUT2D eigenvalue weighted by Crippen LogP contribution is -2.47. The van der Waals surface area contributed by atoms with Crippen molar-refractivity contribution in [3.05, 3.63) is 64.8 Å². The molecule has 0 spiro atoms. The van der Waals surface area contributed by atoms with Crippen LogP contribution >= 0.6 is 11.6 Å². The first-order valence-corrected chi connectivity index (χ1v) is 11.0. The number of carbonyl (C=O) groups is 2. The molecule has 1 aliphatic rings. The minimum atomic E-state index is -0.704. The Labute approximate surface area is 194 Å². The van der Waals surface area contributed by atoms with Crippen molar-refractivity contribution in [3.63, 3.8) is 0 Å². The van der Waals surface area contributed by atoms with E-state index in [-0.39, 0.29) is 30.1 Å². The van der Waals surface area contributed by atoms with Gasteiger partial charge >= 0.3 is 0 Å². The van der Waals surface area contributed by atoms with Crippen LogP contribution in [0.25, 0.3) is 0 Å². The second kappa shape index (κ2) is 10.0. The van der Waals surface area contributed by atoms with Crippen LogP contribution in [-0.2, 0) is 16.0 Å². The molecule has 1 N–H and O–H groups in total. The molecule has 4 rings (SSSR count). The summed E-state index contributed by atoms with van der Waals surface area (Å²) in [6.07, 6.45) is 3.11. The van der Waals surface area contributed by atoms with Crippen LogP contribution in [-0.4, -0.2) is 55.0 Å². The first kappa shape index (κ1) is 22.8. The third kappa shape index (κ3) is 5.51. The minimum Gasteiger partial charge on any atom is -0.340 e. The zero-order chi connectivity index (χ0) is 23.4. The predicted octanol–water partition coefficient (Wildman–Crippen LogP) is 2.83. The van der Waals surface area contributed by atoms with Gasteiger partial charge in [0.2, 0.25) is 11.8 Å². The van der Waals surface area contributed by atoms with Crippen molar-refractivity contribution in [2.45, 2.75) is 32.2 Å². The first-order valence-electron chi connectivity index (χ1n) is 10.6. The molecule has 1 fully saturated rings. The molecule has 1 saturated heterocycles. The Balaban J connectivity index is 1.49. The number of halogens is 2. The van der Waals surface area contributed by atoms with Gasteiger partial charge in [0.05, 0.1) is 10.9 Å². The number of amides is 2. The maximum Gasteiger partial charge on any atom is 0.247 e. The van der Waals surface area contributed by atoms with E-state index in [1.54, 1.807) is 36.1 Å². The highest BCUT2D eigenvalue weighted by atomic mass is 35.5. The van der Waals surface area contributed by atoms with Crippen molar-refractivity contribution in [1.82, 2.24) is 30.1 Å². The molecular weight excluding hydrogens is 449 g/mol. The van der Waals surface area contributed by atoms with Crippen LogP contribution in [0.5, 0.6) is 0 Å². The Morgan fingerprint density at radius 3 is 2.70 bits per heavy atom. The highest BCUT2D eigenvalue weighted by Crippen LogP contribution is 2.24. The topological polar surface area (TPSA) is 106 Å². The van der Waals surface area contributed by atoms with E-state index in [9.17, 15) is 14.0 Å². The molecule has 172 valence electrons. The number of aromatic nitrogens is 5. The Morgan fingerprint density at radius 2 is 2.03 bits per heavy atom. The second-order valence-electron chi connectivity index (χ2n) is 7.99. The molecule has 0 saturated carbocycles. The van der Waals surface area contributed by atoms with Crippen molar-refractivity contribution < 1.29 is 14.0 Å². The SMILES string of the molecule is Cc1nnnn1C(Cc1ccc(F)cc1)C(=O)N1CCCC(C(=O)Nc2ccc(Cl)cn2)C1. The quantitative estimate of drug-likeness (QED) is 0.592. The number of nitrogens with zero attached hydrogens (tertiary/aromatic N) is 6. The van der Waals surface area contributed by atoms with E-state index in [4.69, 9.17) is 11.6 Å². The van der Waals surface area contributed by atoms with Gasteiger partial charge in [0.15, 0.2) is 0 Å². The van der Waals surface area contributed by atoms with E-state index < -0.39 is 6.04 Å². The molecular formula is C22H23ClFN7O2. The Hall–Kier alpha value is -3.40. The number of nitrogens with one attached hydrogen (secondary N) is 1. The average molecular weight is 472 g/mol. The third-order valence-corrected chi connectivity index (χ3v) is 5.89. The van der Waals surface area contributed by atoms with Gasteiger partial charge in [0.25, 0.3) is 0 Å². The number of carbonyl (C=O) groups excluding carboxylic acids is 2. The number of rotatable bonds is 6. The van der Waals surface area contributed by atoms with E-state index in [0.29, 0.717) is 42.5 Å². The van der Waals surface area contributed by atoms with E-state index in [1.807, 2.05) is 0 Å². The summed E-state index contributed by atoms with van der Waals surface area (Å²) in [5.74, 6) is -0.198. The lowest BCUT2D eigenvalue weighted by Gasteiger charge is -2.34. The van der Waals surface area contributed by atoms with Gasteiger partial charge in [-0.05, 0) is 60.0 Å². The maximum atomic E-state index is 13.6. The summed E-state index contributed by atoms with van der Waals surface area (Å²) in [6.45, 7) is 2.53. The summed E-state index contributed by atoms with van der Waals surface area (Å²) in [4.78, 5) is 32.1. The summed E-state index contributed by atoms with van der Waals surface area (Å²) < 4.78 is 14.8. The molecule has 3 heterocycles. The van der Waals surface area contributed by atoms with Gasteiger partial charge in [0, 0.05) is 25.7 Å². The van der Waals surface area contributed by atoms with Crippen LogP contribution in [0, 0.1) is 18.7 Å². The molecule has 2 unspecified atom stereocenters. The minimum absolute atomic E-state index is 0.183. The van der Waals surface area contributed by atoms with Crippen molar-refractivity contribution >= 4 is 29.2 Å². The van der Waals surface area contributed by atoms with Crippen LogP contribution in [0.3, 0.4) is 0 Å². The van der Waals surface area contributed by atoms with Crippen molar-refractivity contribution in [2.24, 2.45) is 5.92 Å². The van der Waals surface area contributed by atoms with Crippen LogP contribution in [0.15, 0.2) is 42.6 Å². The molecule has 0 radical (unpaired) electrons. The van der Waals surface area contributed by atoms with Gasteiger partial charge in [-0.1, -0.05) is 23.7 Å². The zero-order valence-electron chi connectivity index (χ0n) is 18.0. The monoisotopic (exact) mass is 471 g/mol. The average Bonchev–Trinajstić information content (AvgIpc) is 3.25. The van der Waals surface area contributed by atoms with E-state index in [0.717, 1.165) is 5.56 Å². The van der Waals surface area contributed by atoms with Gasteiger partial charge < -0.3 is 10.2 Å². The molecule has 2 aromatic heterocycles. The summed E-state index contributed by atoms with van der Waals surface area (Å²) in [5.41, 5.74) is 0.782. The van der Waals surface area contributed by atoms with Crippen LogP contribution in [0.4, 0.5) is 10.2 Å². The fourth-order valence-electron chi connectivity index (χ4n) is 3.93. The number of anilines is 1. The smallest absolute Gasteiger partial charge is 0.247 e. The van der Waals surface area contributed by atoms with Gasteiger partial charge in [-0.3, -0.25) is 9.59 Å². The fourth-order valence-corrected chi connectivity index (χ4v) is 4.04. The molecule has 2 atom stereocenters. The van der Waals surface area contributed by atoms with E-state index in [2.05, 4.69) is 25.8 Å². The van der Waals surface area contributed by atoms with Crippen LogP contribution in [0.1, 0.15) is 30.3 Å². The Morgan fingerprint density at radius 1 is 1.24 bits per heavy atom. The van der Waals surface area contributed by atoms with E-state index in [1.165, 1.54) is 23.0 Å². The number of piperidine rings is 1. The highest BCUT2D eigenvalue weighted by Gasteiger charge is 2.34. The molecule has 0 aliphatic carbocycles. The zero-order valence-corrected chi connectivity index (χ0v) is 18.7. The summed E-state index contributed by atoms with van der Waals surface area (Å²) in [5, 5.41) is 14.8. The second-order valence-corrected chi connectivity index (χ2v) is 8.43.